The molecule has 2 aliphatic rings. The van der Waals surface area contributed by atoms with Crippen LogP contribution in [0, 0.1) is 5.82 Å². The number of benzene rings is 1. The lowest BCUT2D eigenvalue weighted by Gasteiger charge is -2.32. The second kappa shape index (κ2) is 8.24. The first-order valence-corrected chi connectivity index (χ1v) is 11.2. The third-order valence-electron chi connectivity index (χ3n) is 5.71. The summed E-state index contributed by atoms with van der Waals surface area (Å²) in [6.07, 6.45) is 2.96. The first-order chi connectivity index (χ1) is 15.8. The molecule has 1 aromatic carbocycles. The maximum Gasteiger partial charge on any atom is 0.333 e. The van der Waals surface area contributed by atoms with Crippen LogP contribution in [0.4, 0.5) is 13.2 Å². The fourth-order valence-corrected chi connectivity index (χ4v) is 5.09. The molecule has 33 heavy (non-hydrogen) atoms. The predicted molar refractivity (Wildman–Crippen MR) is 119 cm³/mol. The van der Waals surface area contributed by atoms with Gasteiger partial charge in [0.2, 0.25) is 0 Å². The molecule has 0 bridgehead atoms. The zero-order chi connectivity index (χ0) is 23.3. The maximum atomic E-state index is 13.8. The Kier molecular flexibility index (Phi) is 5.52. The van der Waals surface area contributed by atoms with Gasteiger partial charge in [0.15, 0.2) is 10.8 Å². The average molecular weight is 495 g/mol. The number of fused-ring (bicyclic) bond motifs is 1. The van der Waals surface area contributed by atoms with Crippen molar-refractivity contribution in [2.24, 2.45) is 10.7 Å². The molecule has 5 rings (SSSR count). The number of aromatic nitrogens is 3. The summed E-state index contributed by atoms with van der Waals surface area (Å²) in [6, 6.07) is 4.62. The topological polar surface area (TPSA) is 92.6 Å². The molecule has 172 valence electrons. The molecule has 0 aliphatic carbocycles. The van der Waals surface area contributed by atoms with Gasteiger partial charge in [-0.3, -0.25) is 4.99 Å². The Bertz CT molecular complexity index is 1260. The van der Waals surface area contributed by atoms with Crippen LogP contribution in [-0.2, 0) is 0 Å². The molecule has 0 unspecified atom stereocenters. The Morgan fingerprint density at radius 1 is 1.33 bits per heavy atom. The number of rotatable bonds is 5. The van der Waals surface area contributed by atoms with Crippen LogP contribution < -0.4 is 5.73 Å². The average Bonchev–Trinajstić information content (AvgIpc) is 3.52. The number of amidine groups is 1. The second-order valence-corrected chi connectivity index (χ2v) is 9.17. The summed E-state index contributed by atoms with van der Waals surface area (Å²) < 4.78 is 40.9. The van der Waals surface area contributed by atoms with Crippen molar-refractivity contribution in [2.45, 2.75) is 24.6 Å². The van der Waals surface area contributed by atoms with Crippen molar-refractivity contribution in [1.29, 1.82) is 0 Å². The van der Waals surface area contributed by atoms with Gasteiger partial charge < -0.3 is 15.7 Å². The summed E-state index contributed by atoms with van der Waals surface area (Å²) in [5.41, 5.74) is 6.46. The van der Waals surface area contributed by atoms with Gasteiger partial charge in [0.25, 0.3) is 0 Å². The van der Waals surface area contributed by atoms with E-state index in [2.05, 4.69) is 10.1 Å². The van der Waals surface area contributed by atoms with E-state index in [1.165, 1.54) is 41.8 Å². The van der Waals surface area contributed by atoms with E-state index < -0.39 is 24.0 Å². The Hall–Kier alpha value is -2.73. The fourth-order valence-electron chi connectivity index (χ4n) is 4.18. The number of halogens is 4. The molecule has 0 spiro atoms. The Morgan fingerprint density at radius 2 is 2.15 bits per heavy atom. The zero-order valence-corrected chi connectivity index (χ0v) is 18.6. The molecule has 12 heteroatoms. The lowest BCUT2D eigenvalue weighted by Crippen LogP contribution is -2.42. The first kappa shape index (κ1) is 22.1. The number of hydrogen-bond acceptors (Lipinski definition) is 7. The van der Waals surface area contributed by atoms with Crippen LogP contribution in [0.15, 0.2) is 52.7 Å². The SMILES string of the molecule is NC[C@]1(O)CC2=C(c3ccn(C(F)F)n3)[C@H](c3ccc(F)cc3Cl)N=C(c3nccs3)N2C1. The summed E-state index contributed by atoms with van der Waals surface area (Å²) in [7, 11) is 0. The molecule has 1 fully saturated rings. The van der Waals surface area contributed by atoms with Crippen molar-refractivity contribution in [3.05, 3.63) is 74.8 Å². The van der Waals surface area contributed by atoms with Crippen molar-refractivity contribution in [1.82, 2.24) is 19.7 Å². The van der Waals surface area contributed by atoms with E-state index in [9.17, 15) is 18.3 Å². The van der Waals surface area contributed by atoms with E-state index in [0.29, 0.717) is 32.4 Å². The van der Waals surface area contributed by atoms with Crippen molar-refractivity contribution in [3.8, 4) is 0 Å². The van der Waals surface area contributed by atoms with Crippen LogP contribution in [0.1, 0.15) is 35.3 Å². The van der Waals surface area contributed by atoms with Crippen LogP contribution >= 0.6 is 22.9 Å². The lowest BCUT2D eigenvalue weighted by atomic mass is 9.91. The van der Waals surface area contributed by atoms with E-state index in [-0.39, 0.29) is 30.2 Å². The summed E-state index contributed by atoms with van der Waals surface area (Å²) in [4.78, 5) is 11.0. The van der Waals surface area contributed by atoms with Crippen molar-refractivity contribution in [2.75, 3.05) is 13.1 Å². The molecule has 1 saturated heterocycles. The maximum absolute atomic E-state index is 13.8. The predicted octanol–water partition coefficient (Wildman–Crippen LogP) is 3.84. The van der Waals surface area contributed by atoms with E-state index in [0.717, 1.165) is 0 Å². The number of hydrogen-bond donors (Lipinski definition) is 2. The molecule has 0 radical (unpaired) electrons. The van der Waals surface area contributed by atoms with Crippen LogP contribution in [0.3, 0.4) is 0 Å². The summed E-state index contributed by atoms with van der Waals surface area (Å²) in [5.74, 6) is -0.0216. The minimum Gasteiger partial charge on any atom is -0.386 e. The van der Waals surface area contributed by atoms with Gasteiger partial charge >= 0.3 is 6.55 Å². The van der Waals surface area contributed by atoms with Gasteiger partial charge in [0, 0.05) is 52.6 Å². The summed E-state index contributed by atoms with van der Waals surface area (Å²) in [6.45, 7) is -2.69. The normalized spacial score (nSPS) is 22.8. The molecule has 0 saturated carbocycles. The molecule has 2 aliphatic heterocycles. The third-order valence-corrected chi connectivity index (χ3v) is 6.81. The number of thiazole rings is 1. The van der Waals surface area contributed by atoms with E-state index >= 15 is 0 Å². The highest BCUT2D eigenvalue weighted by molar-refractivity contribution is 7.11. The smallest absolute Gasteiger partial charge is 0.333 e. The van der Waals surface area contributed by atoms with E-state index in [4.69, 9.17) is 22.3 Å². The summed E-state index contributed by atoms with van der Waals surface area (Å²) >= 11 is 7.76. The van der Waals surface area contributed by atoms with Gasteiger partial charge in [-0.25, -0.2) is 14.1 Å². The van der Waals surface area contributed by atoms with Gasteiger partial charge in [-0.2, -0.15) is 13.9 Å². The van der Waals surface area contributed by atoms with E-state index in [1.54, 1.807) is 16.5 Å². The molecular formula is C21H18ClF3N6OS. The van der Waals surface area contributed by atoms with Gasteiger partial charge in [-0.1, -0.05) is 17.7 Å². The molecule has 4 heterocycles. The molecule has 0 amide bonds. The third kappa shape index (κ3) is 3.84. The van der Waals surface area contributed by atoms with Gasteiger partial charge in [0.1, 0.15) is 17.5 Å². The highest BCUT2D eigenvalue weighted by Gasteiger charge is 2.46. The van der Waals surface area contributed by atoms with Gasteiger partial charge in [-0.05, 0) is 18.2 Å². The number of aliphatic hydroxyl groups is 1. The van der Waals surface area contributed by atoms with Crippen LogP contribution in [-0.4, -0.2) is 49.3 Å². The lowest BCUT2D eigenvalue weighted by molar-refractivity contribution is 0.0564. The number of nitrogens with two attached hydrogens (primary N) is 1. The Labute approximate surface area is 195 Å². The van der Waals surface area contributed by atoms with Gasteiger partial charge in [0.05, 0.1) is 12.2 Å². The second-order valence-electron chi connectivity index (χ2n) is 7.87. The molecule has 3 N–H and O–H groups in total. The van der Waals surface area contributed by atoms with Crippen LogP contribution in [0.2, 0.25) is 5.02 Å². The largest absolute Gasteiger partial charge is 0.386 e. The fraction of sp³-hybridized carbons (Fsp3) is 0.286. The van der Waals surface area contributed by atoms with Crippen molar-refractivity contribution >= 4 is 34.3 Å². The highest BCUT2D eigenvalue weighted by atomic mass is 35.5. The molecule has 2 aromatic heterocycles. The van der Waals surface area contributed by atoms with E-state index in [1.807, 2.05) is 0 Å². The highest BCUT2D eigenvalue weighted by Crippen LogP contribution is 2.47. The first-order valence-electron chi connectivity index (χ1n) is 9.99. The Balaban J connectivity index is 1.76. The number of nitrogens with zero attached hydrogens (tertiary/aromatic N) is 5. The van der Waals surface area contributed by atoms with Crippen LogP contribution in [0.5, 0.6) is 0 Å². The molecule has 3 aromatic rings. The monoisotopic (exact) mass is 494 g/mol. The zero-order valence-electron chi connectivity index (χ0n) is 17.0. The number of aliphatic imine (C=N–C) groups is 1. The quantitative estimate of drug-likeness (QED) is 0.562. The number of alkyl halides is 2. The van der Waals surface area contributed by atoms with Crippen molar-refractivity contribution in [3.63, 3.8) is 0 Å². The standard InChI is InChI=1S/C21H18ClF3N6OS/c22-13-7-11(23)1-2-12(13)17-16(14-3-5-31(29-14)20(24)25)15-8-21(32,9-26)10-30(15)18(28-17)19-27-4-6-33-19/h1-7,17,20,32H,8-10,26H2/t17-,21+/m0/s1. The molecule has 2 atom stereocenters. The Morgan fingerprint density at radius 3 is 2.79 bits per heavy atom. The summed E-state index contributed by atoms with van der Waals surface area (Å²) in [5, 5.41) is 17.6. The van der Waals surface area contributed by atoms with Crippen LogP contribution in [0.25, 0.3) is 5.57 Å². The van der Waals surface area contributed by atoms with Crippen molar-refractivity contribution < 1.29 is 18.3 Å². The minimum absolute atomic E-state index is 0.0150. The van der Waals surface area contributed by atoms with Gasteiger partial charge in [-0.15, -0.1) is 11.3 Å². The molecule has 7 nitrogen and oxygen atoms in total. The molecular weight excluding hydrogens is 477 g/mol. The minimum atomic E-state index is -2.82.